The molecule has 132 valence electrons. The average molecular weight is 353 g/mol. The molecule has 1 aromatic rings. The first-order chi connectivity index (χ1) is 11.1. The Morgan fingerprint density at radius 3 is 2.46 bits per heavy atom. The van der Waals surface area contributed by atoms with Crippen molar-refractivity contribution in [1.29, 1.82) is 0 Å². The van der Waals surface area contributed by atoms with Crippen molar-refractivity contribution in [3.05, 3.63) is 34.1 Å². The Morgan fingerprint density at radius 1 is 1.38 bits per heavy atom. The van der Waals surface area contributed by atoms with Crippen LogP contribution in [0.1, 0.15) is 59.1 Å². The number of ether oxygens (including phenoxy) is 2. The molecule has 1 aromatic carbocycles. The summed E-state index contributed by atoms with van der Waals surface area (Å²) in [6, 6.07) is 1.95. The fourth-order valence-corrected chi connectivity index (χ4v) is 3.51. The van der Waals surface area contributed by atoms with Crippen molar-refractivity contribution in [2.24, 2.45) is 5.92 Å². The summed E-state index contributed by atoms with van der Waals surface area (Å²) < 4.78 is 25.7. The largest absolute Gasteiger partial charge is 0.494 e. The highest BCUT2D eigenvalue weighted by Crippen LogP contribution is 2.50. The Balaban J connectivity index is 2.84. The van der Waals surface area contributed by atoms with Gasteiger partial charge in [-0.25, -0.2) is 4.39 Å². The molecule has 0 atom stereocenters. The van der Waals surface area contributed by atoms with Gasteiger partial charge in [0.1, 0.15) is 22.2 Å². The summed E-state index contributed by atoms with van der Waals surface area (Å²) in [6.45, 7) is 11.6. The Labute approximate surface area is 149 Å². The fourth-order valence-electron chi connectivity index (χ4n) is 3.19. The van der Waals surface area contributed by atoms with E-state index in [1.165, 1.54) is 6.92 Å². The fraction of sp³-hybridized carbons (Fsp3) is 0.500. The summed E-state index contributed by atoms with van der Waals surface area (Å²) in [4.78, 5) is 0. The molecular weight excluding hydrogens is 327 g/mol. The van der Waals surface area contributed by atoms with Crippen molar-refractivity contribution < 1.29 is 13.9 Å². The van der Waals surface area contributed by atoms with Crippen LogP contribution in [0.5, 0.6) is 11.5 Å². The lowest BCUT2D eigenvalue weighted by Crippen LogP contribution is -2.30. The third kappa shape index (κ3) is 3.32. The van der Waals surface area contributed by atoms with E-state index < -0.39 is 5.60 Å². The molecule has 1 heterocycles. The van der Waals surface area contributed by atoms with Gasteiger partial charge in [0, 0.05) is 11.1 Å². The molecule has 24 heavy (non-hydrogen) atoms. The lowest BCUT2D eigenvalue weighted by Gasteiger charge is -2.34. The molecule has 1 aliphatic rings. The lowest BCUT2D eigenvalue weighted by atomic mass is 9.85. The molecule has 0 unspecified atom stereocenters. The van der Waals surface area contributed by atoms with Gasteiger partial charge in [-0.3, -0.25) is 0 Å². The van der Waals surface area contributed by atoms with E-state index in [1.54, 1.807) is 7.11 Å². The minimum absolute atomic E-state index is 0.223. The Kier molecular flexibility index (Phi) is 5.34. The van der Waals surface area contributed by atoms with Crippen LogP contribution in [0.4, 0.5) is 4.39 Å². The van der Waals surface area contributed by atoms with Crippen LogP contribution < -0.4 is 9.47 Å². The predicted molar refractivity (Wildman–Crippen MR) is 99.5 cm³/mol. The van der Waals surface area contributed by atoms with Gasteiger partial charge in [0.2, 0.25) is 0 Å². The van der Waals surface area contributed by atoms with Gasteiger partial charge in [-0.2, -0.15) is 0 Å². The average Bonchev–Trinajstić information content (AvgIpc) is 2.47. The lowest BCUT2D eigenvalue weighted by molar-refractivity contribution is 0.156. The van der Waals surface area contributed by atoms with Crippen LogP contribution in [0, 0.1) is 5.92 Å². The van der Waals surface area contributed by atoms with Crippen molar-refractivity contribution in [3.8, 4) is 11.5 Å². The zero-order valence-electron chi connectivity index (χ0n) is 15.5. The SMILES string of the molecule is CCC(=C(C)F)c1cc2c(c(Cl)c1OC)OC(C)(C)C=C2C(C)C. The summed E-state index contributed by atoms with van der Waals surface area (Å²) in [7, 11) is 1.55. The Bertz CT molecular complexity index is 711. The highest BCUT2D eigenvalue weighted by Gasteiger charge is 2.32. The van der Waals surface area contributed by atoms with E-state index in [-0.39, 0.29) is 5.83 Å². The van der Waals surface area contributed by atoms with Crippen LogP contribution in [0.2, 0.25) is 5.02 Å². The van der Waals surface area contributed by atoms with Gasteiger partial charge in [0.15, 0.2) is 5.75 Å². The molecular formula is C20H26ClFO2. The molecule has 0 aliphatic carbocycles. The topological polar surface area (TPSA) is 18.5 Å². The quantitative estimate of drug-likeness (QED) is 0.602. The smallest absolute Gasteiger partial charge is 0.150 e. The molecule has 2 rings (SSSR count). The second kappa shape index (κ2) is 6.79. The van der Waals surface area contributed by atoms with Gasteiger partial charge in [0.25, 0.3) is 0 Å². The predicted octanol–water partition coefficient (Wildman–Crippen LogP) is 6.67. The number of hydrogen-bond donors (Lipinski definition) is 0. The van der Waals surface area contributed by atoms with Crippen LogP contribution in [0.25, 0.3) is 11.1 Å². The maximum Gasteiger partial charge on any atom is 0.150 e. The number of allylic oxidation sites excluding steroid dienone is 3. The molecule has 0 amide bonds. The van der Waals surface area contributed by atoms with Crippen LogP contribution in [0.15, 0.2) is 18.0 Å². The third-order valence-electron chi connectivity index (χ3n) is 4.28. The normalized spacial score (nSPS) is 17.0. The second-order valence-electron chi connectivity index (χ2n) is 6.97. The summed E-state index contributed by atoms with van der Waals surface area (Å²) in [6.07, 6.45) is 2.67. The van der Waals surface area contributed by atoms with Crippen molar-refractivity contribution in [1.82, 2.24) is 0 Å². The molecule has 4 heteroatoms. The first-order valence-corrected chi connectivity index (χ1v) is 8.69. The van der Waals surface area contributed by atoms with Gasteiger partial charge in [-0.15, -0.1) is 0 Å². The van der Waals surface area contributed by atoms with Crippen molar-refractivity contribution in [2.75, 3.05) is 7.11 Å². The highest BCUT2D eigenvalue weighted by atomic mass is 35.5. The third-order valence-corrected chi connectivity index (χ3v) is 4.62. The zero-order chi connectivity index (χ0) is 18.2. The van der Waals surface area contributed by atoms with Crippen molar-refractivity contribution >= 4 is 22.7 Å². The van der Waals surface area contributed by atoms with E-state index in [9.17, 15) is 4.39 Å². The van der Waals surface area contributed by atoms with E-state index in [4.69, 9.17) is 21.1 Å². The minimum atomic E-state index is -0.456. The molecule has 1 aliphatic heterocycles. The summed E-state index contributed by atoms with van der Waals surface area (Å²) in [5.74, 6) is 1.15. The maximum atomic E-state index is 14.0. The number of hydrogen-bond acceptors (Lipinski definition) is 2. The molecule has 0 N–H and O–H groups in total. The standard InChI is InChI=1S/C20H26ClFO2/c1-8-13(12(4)22)14-9-15-16(11(2)3)10-20(5,6)24-19(15)17(21)18(14)23-7/h9-11H,8H2,1-7H3. The number of rotatable bonds is 4. The number of halogens is 2. The molecule has 0 saturated heterocycles. The summed E-state index contributed by atoms with van der Waals surface area (Å²) in [5, 5.41) is 0.400. The second-order valence-corrected chi connectivity index (χ2v) is 7.35. The number of benzene rings is 1. The molecule has 0 fully saturated rings. The van der Waals surface area contributed by atoms with Crippen LogP contribution in [0.3, 0.4) is 0 Å². The molecule has 0 saturated carbocycles. The molecule has 0 radical (unpaired) electrons. The van der Waals surface area contributed by atoms with Gasteiger partial charge < -0.3 is 9.47 Å². The van der Waals surface area contributed by atoms with E-state index in [0.717, 1.165) is 11.1 Å². The number of fused-ring (bicyclic) bond motifs is 1. The van der Waals surface area contributed by atoms with Gasteiger partial charge >= 0.3 is 0 Å². The van der Waals surface area contributed by atoms with E-state index in [0.29, 0.717) is 40.0 Å². The first kappa shape index (κ1) is 18.9. The molecule has 0 bridgehead atoms. The summed E-state index contributed by atoms with van der Waals surface area (Å²) in [5.41, 5.74) is 2.90. The van der Waals surface area contributed by atoms with Crippen LogP contribution in [-0.4, -0.2) is 12.7 Å². The van der Waals surface area contributed by atoms with E-state index >= 15 is 0 Å². The monoisotopic (exact) mass is 352 g/mol. The van der Waals surface area contributed by atoms with Gasteiger partial charge in [0.05, 0.1) is 7.11 Å². The Morgan fingerprint density at radius 2 is 2.00 bits per heavy atom. The maximum absolute atomic E-state index is 14.0. The van der Waals surface area contributed by atoms with Crippen LogP contribution in [-0.2, 0) is 0 Å². The van der Waals surface area contributed by atoms with Gasteiger partial charge in [-0.05, 0) is 56.4 Å². The Hall–Kier alpha value is -1.48. The zero-order valence-corrected chi connectivity index (χ0v) is 16.3. The van der Waals surface area contributed by atoms with Crippen LogP contribution >= 0.6 is 11.6 Å². The summed E-state index contributed by atoms with van der Waals surface area (Å²) >= 11 is 6.61. The first-order valence-electron chi connectivity index (χ1n) is 8.31. The molecule has 0 aromatic heterocycles. The molecule has 2 nitrogen and oxygen atoms in total. The number of methoxy groups -OCH3 is 1. The van der Waals surface area contributed by atoms with E-state index in [1.807, 2.05) is 26.8 Å². The minimum Gasteiger partial charge on any atom is -0.494 e. The van der Waals surface area contributed by atoms with Gasteiger partial charge in [-0.1, -0.05) is 32.4 Å². The van der Waals surface area contributed by atoms with E-state index in [2.05, 4.69) is 19.9 Å². The van der Waals surface area contributed by atoms with Crippen molar-refractivity contribution in [3.63, 3.8) is 0 Å². The van der Waals surface area contributed by atoms with Crippen molar-refractivity contribution in [2.45, 2.75) is 53.6 Å². The molecule has 0 spiro atoms. The highest BCUT2D eigenvalue weighted by molar-refractivity contribution is 6.34.